The number of hydrogen-bond acceptors (Lipinski definition) is 4. The number of benzene rings is 2. The highest BCUT2D eigenvalue weighted by Crippen LogP contribution is 2.16. The quantitative estimate of drug-likeness (QED) is 0.456. The molecule has 1 aromatic heterocycles. The molecular formula is C16H11N3O3. The Labute approximate surface area is 124 Å². The van der Waals surface area contributed by atoms with Crippen molar-refractivity contribution in [2.75, 3.05) is 0 Å². The Hall–Kier alpha value is -3.28. The lowest BCUT2D eigenvalue weighted by molar-refractivity contribution is -0.384. The van der Waals surface area contributed by atoms with E-state index in [1.807, 2.05) is 24.3 Å². The number of rotatable bonds is 3. The summed E-state index contributed by atoms with van der Waals surface area (Å²) in [5.74, 6) is 0. The predicted octanol–water partition coefficient (Wildman–Crippen LogP) is 3.00. The summed E-state index contributed by atoms with van der Waals surface area (Å²) in [5, 5.41) is 18.1. The van der Waals surface area contributed by atoms with Crippen molar-refractivity contribution in [1.82, 2.24) is 10.2 Å². The van der Waals surface area contributed by atoms with E-state index >= 15 is 0 Å². The van der Waals surface area contributed by atoms with Crippen molar-refractivity contribution in [3.63, 3.8) is 0 Å². The maximum absolute atomic E-state index is 11.6. The smallest absolute Gasteiger partial charge is 0.267 e. The molecule has 3 rings (SSSR count). The minimum Gasteiger partial charge on any atom is -0.267 e. The second kappa shape index (κ2) is 5.61. The summed E-state index contributed by atoms with van der Waals surface area (Å²) in [5.41, 5.74) is 1.62. The van der Waals surface area contributed by atoms with Crippen LogP contribution in [0.2, 0.25) is 0 Å². The zero-order valence-electron chi connectivity index (χ0n) is 11.4. The van der Waals surface area contributed by atoms with Crippen LogP contribution in [0.4, 0.5) is 5.69 Å². The molecule has 3 aromatic rings. The summed E-state index contributed by atoms with van der Waals surface area (Å²) >= 11 is 0. The van der Waals surface area contributed by atoms with Gasteiger partial charge < -0.3 is 0 Å². The van der Waals surface area contributed by atoms with Gasteiger partial charge in [0, 0.05) is 17.5 Å². The Morgan fingerprint density at radius 3 is 2.45 bits per heavy atom. The lowest BCUT2D eigenvalue weighted by Crippen LogP contribution is -2.06. The van der Waals surface area contributed by atoms with Crippen LogP contribution in [-0.4, -0.2) is 15.1 Å². The molecule has 0 amide bonds. The molecule has 6 nitrogen and oxygen atoms in total. The number of nitrogens with one attached hydrogen (secondary N) is 1. The third-order valence-corrected chi connectivity index (χ3v) is 3.26. The molecule has 0 aliphatic rings. The minimum absolute atomic E-state index is 0.0631. The van der Waals surface area contributed by atoms with Gasteiger partial charge in [-0.1, -0.05) is 18.2 Å². The van der Waals surface area contributed by atoms with Crippen molar-refractivity contribution >= 4 is 28.6 Å². The zero-order chi connectivity index (χ0) is 15.5. The van der Waals surface area contributed by atoms with Gasteiger partial charge in [-0.15, -0.1) is 0 Å². The Kier molecular flexibility index (Phi) is 3.49. The van der Waals surface area contributed by atoms with Gasteiger partial charge in [-0.3, -0.25) is 14.9 Å². The first-order valence-corrected chi connectivity index (χ1v) is 6.53. The van der Waals surface area contributed by atoms with Gasteiger partial charge >= 0.3 is 0 Å². The number of nitro groups is 1. The van der Waals surface area contributed by atoms with Crippen molar-refractivity contribution in [2.45, 2.75) is 0 Å². The van der Waals surface area contributed by atoms with Gasteiger partial charge in [-0.25, -0.2) is 5.10 Å². The van der Waals surface area contributed by atoms with Gasteiger partial charge in [-0.05, 0) is 35.4 Å². The van der Waals surface area contributed by atoms with Crippen molar-refractivity contribution in [3.05, 3.63) is 80.3 Å². The molecule has 108 valence electrons. The van der Waals surface area contributed by atoms with E-state index in [1.54, 1.807) is 24.4 Å². The SMILES string of the molecule is O=c1[nH]ncc2cc(/C=C/c3ccc([N+](=O)[O-])cc3)ccc12. The van der Waals surface area contributed by atoms with Crippen molar-refractivity contribution < 1.29 is 4.92 Å². The van der Waals surface area contributed by atoms with E-state index in [1.165, 1.54) is 12.1 Å². The Bertz CT molecular complexity index is 927. The van der Waals surface area contributed by atoms with Crippen LogP contribution < -0.4 is 5.56 Å². The van der Waals surface area contributed by atoms with Crippen LogP contribution in [0.25, 0.3) is 22.9 Å². The highest BCUT2D eigenvalue weighted by molar-refractivity contribution is 5.84. The van der Waals surface area contributed by atoms with E-state index in [9.17, 15) is 14.9 Å². The molecular weight excluding hydrogens is 282 g/mol. The summed E-state index contributed by atoms with van der Waals surface area (Å²) < 4.78 is 0. The topological polar surface area (TPSA) is 88.9 Å². The molecule has 0 radical (unpaired) electrons. The number of aromatic nitrogens is 2. The fourth-order valence-electron chi connectivity index (χ4n) is 2.12. The minimum atomic E-state index is -0.429. The molecule has 1 heterocycles. The molecule has 6 heteroatoms. The molecule has 0 fully saturated rings. The monoisotopic (exact) mass is 293 g/mol. The first-order valence-electron chi connectivity index (χ1n) is 6.53. The third-order valence-electron chi connectivity index (χ3n) is 3.26. The highest BCUT2D eigenvalue weighted by Gasteiger charge is 2.02. The molecule has 22 heavy (non-hydrogen) atoms. The van der Waals surface area contributed by atoms with Crippen LogP contribution in [0.3, 0.4) is 0 Å². The molecule has 0 unspecified atom stereocenters. The second-order valence-electron chi connectivity index (χ2n) is 4.73. The van der Waals surface area contributed by atoms with Crippen LogP contribution in [-0.2, 0) is 0 Å². The lowest BCUT2D eigenvalue weighted by Gasteiger charge is -1.98. The molecule has 1 N–H and O–H groups in total. The molecule has 0 atom stereocenters. The van der Waals surface area contributed by atoms with E-state index in [4.69, 9.17) is 0 Å². The highest BCUT2D eigenvalue weighted by atomic mass is 16.6. The van der Waals surface area contributed by atoms with Crippen LogP contribution in [0, 0.1) is 10.1 Å². The van der Waals surface area contributed by atoms with Gasteiger partial charge in [-0.2, -0.15) is 5.10 Å². The zero-order valence-corrected chi connectivity index (χ0v) is 11.4. The van der Waals surface area contributed by atoms with Gasteiger partial charge in [0.15, 0.2) is 0 Å². The van der Waals surface area contributed by atoms with E-state index in [-0.39, 0.29) is 11.2 Å². The van der Waals surface area contributed by atoms with Crippen molar-refractivity contribution in [3.8, 4) is 0 Å². The number of non-ortho nitro benzene ring substituents is 1. The third kappa shape index (κ3) is 2.76. The maximum Gasteiger partial charge on any atom is 0.272 e. The normalized spacial score (nSPS) is 11.1. The van der Waals surface area contributed by atoms with Gasteiger partial charge in [0.25, 0.3) is 11.2 Å². The van der Waals surface area contributed by atoms with E-state index in [2.05, 4.69) is 10.2 Å². The molecule has 0 bridgehead atoms. The van der Waals surface area contributed by atoms with Gasteiger partial charge in [0.2, 0.25) is 0 Å². The Morgan fingerprint density at radius 2 is 1.73 bits per heavy atom. The molecule has 0 spiro atoms. The van der Waals surface area contributed by atoms with Crippen LogP contribution in [0.5, 0.6) is 0 Å². The number of nitro benzene ring substituents is 1. The molecule has 2 aromatic carbocycles. The van der Waals surface area contributed by atoms with E-state index in [0.717, 1.165) is 16.5 Å². The van der Waals surface area contributed by atoms with Crippen LogP contribution >= 0.6 is 0 Å². The summed E-state index contributed by atoms with van der Waals surface area (Å²) in [6, 6.07) is 11.7. The molecule has 0 aliphatic heterocycles. The summed E-state index contributed by atoms with van der Waals surface area (Å²) in [7, 11) is 0. The van der Waals surface area contributed by atoms with E-state index in [0.29, 0.717) is 5.39 Å². The average molecular weight is 293 g/mol. The Balaban J connectivity index is 1.89. The largest absolute Gasteiger partial charge is 0.272 e. The number of nitrogens with zero attached hydrogens (tertiary/aromatic N) is 2. The van der Waals surface area contributed by atoms with Gasteiger partial charge in [0.1, 0.15) is 0 Å². The maximum atomic E-state index is 11.6. The first-order chi connectivity index (χ1) is 10.6. The molecule has 0 saturated carbocycles. The fraction of sp³-hybridized carbons (Fsp3) is 0. The average Bonchev–Trinajstić information content (AvgIpc) is 2.53. The number of H-pyrrole nitrogens is 1. The standard InChI is InChI=1S/C16H11N3O3/c20-16-15-8-5-12(9-13(15)10-17-18-16)2-1-11-3-6-14(7-4-11)19(21)22/h1-10H,(H,18,20)/b2-1+. The number of hydrogen-bond donors (Lipinski definition) is 1. The van der Waals surface area contributed by atoms with Crippen molar-refractivity contribution in [2.24, 2.45) is 0 Å². The molecule has 0 aliphatic carbocycles. The summed E-state index contributed by atoms with van der Waals surface area (Å²) in [6.45, 7) is 0. The Morgan fingerprint density at radius 1 is 1.05 bits per heavy atom. The van der Waals surface area contributed by atoms with Gasteiger partial charge in [0.05, 0.1) is 16.5 Å². The molecule has 0 saturated heterocycles. The lowest BCUT2D eigenvalue weighted by atomic mass is 10.1. The number of aromatic amines is 1. The van der Waals surface area contributed by atoms with Crippen LogP contribution in [0.15, 0.2) is 53.5 Å². The van der Waals surface area contributed by atoms with Crippen molar-refractivity contribution in [1.29, 1.82) is 0 Å². The second-order valence-corrected chi connectivity index (χ2v) is 4.73. The fourth-order valence-corrected chi connectivity index (χ4v) is 2.12. The van der Waals surface area contributed by atoms with Crippen LogP contribution in [0.1, 0.15) is 11.1 Å². The predicted molar refractivity (Wildman–Crippen MR) is 84.4 cm³/mol. The summed E-state index contributed by atoms with van der Waals surface area (Å²) in [6.07, 6.45) is 5.33. The van der Waals surface area contributed by atoms with E-state index < -0.39 is 4.92 Å². The summed E-state index contributed by atoms with van der Waals surface area (Å²) in [4.78, 5) is 21.7. The number of fused-ring (bicyclic) bond motifs is 1. The first kappa shape index (κ1) is 13.7.